The van der Waals surface area contributed by atoms with Crippen molar-refractivity contribution in [2.24, 2.45) is 9.26 Å². The van der Waals surface area contributed by atoms with Crippen molar-refractivity contribution in [3.05, 3.63) is 182 Å². The minimum Gasteiger partial charge on any atom is -0.480 e. The topological polar surface area (TPSA) is 104 Å². The summed E-state index contributed by atoms with van der Waals surface area (Å²) in [4.78, 5) is 0. The van der Waals surface area contributed by atoms with Crippen LogP contribution < -0.4 is 27.4 Å². The van der Waals surface area contributed by atoms with E-state index in [1.807, 2.05) is 165 Å². The van der Waals surface area contributed by atoms with Crippen molar-refractivity contribution < 1.29 is 27.4 Å². The van der Waals surface area contributed by atoms with Crippen LogP contribution in [0.4, 0.5) is 0 Å². The van der Waals surface area contributed by atoms with Crippen molar-refractivity contribution in [2.45, 2.75) is 18.6 Å². The fourth-order valence-electron chi connectivity index (χ4n) is 5.22. The van der Waals surface area contributed by atoms with Gasteiger partial charge in [-0.3, -0.25) is 0 Å². The molecule has 9 nitrogen and oxygen atoms in total. The highest BCUT2D eigenvalue weighted by atomic mass is 31.2. The Kier molecular flexibility index (Phi) is 10.8. The van der Waals surface area contributed by atoms with Crippen LogP contribution in [0.15, 0.2) is 191 Å². The number of hydrogen-bond donors (Lipinski definition) is 1. The highest BCUT2D eigenvalue weighted by Crippen LogP contribution is 2.74. The normalized spacial score (nSPS) is 17.1. The van der Waals surface area contributed by atoms with E-state index in [-0.39, 0.29) is 5.85 Å². The zero-order valence-corrected chi connectivity index (χ0v) is 31.1. The maximum Gasteiger partial charge on any atom is 0.445 e. The van der Waals surface area contributed by atoms with Crippen molar-refractivity contribution in [3.63, 3.8) is 0 Å². The third-order valence-corrected chi connectivity index (χ3v) is 15.6. The van der Waals surface area contributed by atoms with Gasteiger partial charge in [0.05, 0.1) is 6.16 Å². The Morgan fingerprint density at radius 1 is 0.519 bits per heavy atom. The maximum atomic E-state index is 9.87. The highest BCUT2D eigenvalue weighted by molar-refractivity contribution is 7.71. The molecule has 1 heterocycles. The lowest BCUT2D eigenvalue weighted by Gasteiger charge is -2.31. The Morgan fingerprint density at radius 3 is 1.27 bits per heavy atom. The van der Waals surface area contributed by atoms with E-state index in [9.17, 15) is 5.16 Å². The van der Waals surface area contributed by atoms with Crippen LogP contribution in [0.25, 0.3) is 0 Å². The Morgan fingerprint density at radius 2 is 0.865 bits per heavy atom. The van der Waals surface area contributed by atoms with Crippen LogP contribution in [0, 0.1) is 5.16 Å². The number of nitrogens with one attached hydrogen (secondary N) is 1. The van der Waals surface area contributed by atoms with Crippen LogP contribution in [0.5, 0.6) is 34.5 Å². The summed E-state index contributed by atoms with van der Waals surface area (Å²) in [5.41, 5.74) is 0. The van der Waals surface area contributed by atoms with Gasteiger partial charge in [-0.05, 0) is 79.7 Å². The molecule has 0 radical (unpaired) electrons. The summed E-state index contributed by atoms with van der Waals surface area (Å²) in [6.45, 7) is 1.90. The first kappa shape index (κ1) is 35.2. The summed E-state index contributed by atoms with van der Waals surface area (Å²) >= 11 is 0. The van der Waals surface area contributed by atoms with Crippen LogP contribution in [0.2, 0.25) is 0 Å². The van der Waals surface area contributed by atoms with E-state index < -0.39 is 28.2 Å². The lowest BCUT2D eigenvalue weighted by atomic mass is 10.3. The van der Waals surface area contributed by atoms with Crippen LogP contribution >= 0.6 is 22.4 Å². The van der Waals surface area contributed by atoms with Gasteiger partial charge in [-0.15, -0.1) is 4.52 Å². The molecule has 52 heavy (non-hydrogen) atoms. The van der Waals surface area contributed by atoms with Crippen LogP contribution in [-0.2, 0) is 0 Å². The molecule has 0 spiro atoms. The summed E-state index contributed by atoms with van der Waals surface area (Å²) < 4.78 is 50.5. The first-order chi connectivity index (χ1) is 25.4. The van der Waals surface area contributed by atoms with Crippen molar-refractivity contribution >= 4 is 22.4 Å². The SMILES string of the molecule is CC(N=[P@]1(Oc2ccccc2)CC1Oc1ccccc1)P(=NP(=N)(Oc1ccccc1)Oc1ccccc1)(Oc1ccccc1)Oc1ccccc1. The average molecular weight is 750 g/mol. The molecular formula is C40H38N3O6P3. The van der Waals surface area contributed by atoms with Gasteiger partial charge >= 0.3 is 15.2 Å². The van der Waals surface area contributed by atoms with Gasteiger partial charge in [0.15, 0.2) is 18.9 Å². The number of nitrogens with zero attached hydrogens (tertiary/aromatic N) is 2. The van der Waals surface area contributed by atoms with E-state index in [1.165, 1.54) is 0 Å². The summed E-state index contributed by atoms with van der Waals surface area (Å²) in [6, 6.07) is 56.0. The summed E-state index contributed by atoms with van der Waals surface area (Å²) in [7, 11) is -10.4. The Bertz CT molecular complexity index is 2110. The molecule has 3 atom stereocenters. The second-order valence-electron chi connectivity index (χ2n) is 11.8. The van der Waals surface area contributed by atoms with Gasteiger partial charge in [0.25, 0.3) is 0 Å². The first-order valence-electron chi connectivity index (χ1n) is 16.7. The number of benzene rings is 6. The molecule has 1 fully saturated rings. The van der Waals surface area contributed by atoms with Crippen LogP contribution in [0.1, 0.15) is 6.92 Å². The molecule has 1 saturated heterocycles. The molecular weight excluding hydrogens is 711 g/mol. The molecule has 6 aromatic rings. The van der Waals surface area contributed by atoms with Crippen molar-refractivity contribution in [3.8, 4) is 34.5 Å². The second kappa shape index (κ2) is 16.0. The van der Waals surface area contributed by atoms with E-state index >= 15 is 0 Å². The Hall–Kier alpha value is -5.19. The molecule has 2 unspecified atom stereocenters. The van der Waals surface area contributed by atoms with E-state index in [2.05, 4.69) is 0 Å². The monoisotopic (exact) mass is 749 g/mol. The highest BCUT2D eigenvalue weighted by Gasteiger charge is 2.55. The fourth-order valence-corrected chi connectivity index (χ4v) is 13.5. The van der Waals surface area contributed by atoms with E-state index in [0.29, 0.717) is 34.9 Å². The van der Waals surface area contributed by atoms with Gasteiger partial charge in [0, 0.05) is 0 Å². The van der Waals surface area contributed by atoms with Gasteiger partial charge < -0.3 is 27.4 Å². The molecule has 1 aliphatic heterocycles. The van der Waals surface area contributed by atoms with Crippen LogP contribution in [-0.4, -0.2) is 17.8 Å². The Balaban J connectivity index is 1.42. The van der Waals surface area contributed by atoms with Gasteiger partial charge in [0.2, 0.25) is 0 Å². The lowest BCUT2D eigenvalue weighted by molar-refractivity contribution is 0.328. The standard InChI is InChI=1S/C40H38N3O6P3/c1-33(42-50(45-35-22-10-3-11-23-35)32-40(50)44-34-20-8-2-9-21-34)51(46-36-24-12-4-13-25-36,47-37-26-14-5-15-27-37)43-52(41,48-38-28-16-6-17-29-38)49-39-30-18-7-19-31-39/h2-31,33,40-41H,32H2,1H3/t33?,40?,50-/m0/s1. The molecule has 0 aliphatic carbocycles. The first-order valence-corrected chi connectivity index (χ1v) is 21.9. The number of hydrogen-bond acceptors (Lipinski definition) is 8. The molecule has 0 saturated carbocycles. The Labute approximate surface area is 304 Å². The van der Waals surface area contributed by atoms with Crippen LogP contribution in [0.3, 0.4) is 0 Å². The molecule has 1 aliphatic rings. The largest absolute Gasteiger partial charge is 0.480 e. The number of para-hydroxylation sites is 6. The predicted octanol–water partition coefficient (Wildman–Crippen LogP) is 12.8. The van der Waals surface area contributed by atoms with Gasteiger partial charge in [-0.2, -0.15) is 0 Å². The minimum absolute atomic E-state index is 0.315. The van der Waals surface area contributed by atoms with Gasteiger partial charge in [-0.1, -0.05) is 109 Å². The van der Waals surface area contributed by atoms with Gasteiger partial charge in [-0.25, -0.2) is 9.91 Å². The van der Waals surface area contributed by atoms with Crippen molar-refractivity contribution in [1.29, 1.82) is 5.16 Å². The number of ether oxygens (including phenoxy) is 1. The molecule has 12 heteroatoms. The van der Waals surface area contributed by atoms with Crippen molar-refractivity contribution in [1.82, 2.24) is 0 Å². The minimum atomic E-state index is -3.99. The maximum absolute atomic E-state index is 9.87. The van der Waals surface area contributed by atoms with E-state index in [1.54, 1.807) is 24.3 Å². The lowest BCUT2D eigenvalue weighted by Crippen LogP contribution is -2.14. The third-order valence-electron chi connectivity index (χ3n) is 7.74. The summed E-state index contributed by atoms with van der Waals surface area (Å²) in [5, 5.41) is 9.87. The van der Waals surface area contributed by atoms with Gasteiger partial charge in [0.1, 0.15) is 34.5 Å². The quantitative estimate of drug-likeness (QED) is 0.105. The molecule has 0 amide bonds. The molecule has 7 rings (SSSR count). The predicted molar refractivity (Wildman–Crippen MR) is 209 cm³/mol. The van der Waals surface area contributed by atoms with E-state index in [0.717, 1.165) is 5.75 Å². The van der Waals surface area contributed by atoms with E-state index in [4.69, 9.17) is 36.6 Å². The molecule has 0 aromatic heterocycles. The smallest absolute Gasteiger partial charge is 0.445 e. The molecule has 0 bridgehead atoms. The zero-order chi connectivity index (χ0) is 35.7. The average Bonchev–Trinajstić information content (AvgIpc) is 3.83. The zero-order valence-electron chi connectivity index (χ0n) is 28.4. The molecule has 264 valence electrons. The second-order valence-corrected chi connectivity index (χ2v) is 19.0. The summed E-state index contributed by atoms with van der Waals surface area (Å²) in [5.74, 6) is 2.14. The van der Waals surface area contributed by atoms with Crippen molar-refractivity contribution in [2.75, 3.05) is 6.16 Å². The number of rotatable bonds is 15. The summed E-state index contributed by atoms with van der Waals surface area (Å²) in [6.07, 6.45) is 0.569. The third kappa shape index (κ3) is 8.99. The fraction of sp³-hybridized carbons (Fsp3) is 0.100. The molecule has 1 N–H and O–H groups in total. The molecule has 6 aromatic carbocycles.